The Kier molecular flexibility index (Phi) is 3.06. The molecule has 0 aliphatic carbocycles. The molecule has 0 amide bonds. The minimum atomic E-state index is -0.0112. The van der Waals surface area contributed by atoms with Gasteiger partial charge in [0.15, 0.2) is 0 Å². The van der Waals surface area contributed by atoms with Gasteiger partial charge in [-0.05, 0) is 44.2 Å². The molecule has 3 aromatic rings. The summed E-state index contributed by atoms with van der Waals surface area (Å²) in [6.07, 6.45) is 0. The lowest BCUT2D eigenvalue weighted by molar-refractivity contribution is 0.431. The molecule has 2 heterocycles. The number of rotatable bonds is 2. The molecule has 0 saturated carbocycles. The number of aromatic hydroxyl groups is 1. The van der Waals surface area contributed by atoms with Crippen molar-refractivity contribution in [3.63, 3.8) is 0 Å². The SMILES string of the molecule is Cc1cc(-c2noc(-c3ccc(N)c(O)c3)n2)cc(C)n1. The number of nitrogens with two attached hydrogens (primary N) is 1. The molecule has 0 unspecified atom stereocenters. The summed E-state index contributed by atoms with van der Waals surface area (Å²) in [4.78, 5) is 8.66. The largest absolute Gasteiger partial charge is 0.506 e. The first-order chi connectivity index (χ1) is 10.0. The van der Waals surface area contributed by atoms with E-state index in [-0.39, 0.29) is 5.75 Å². The minimum Gasteiger partial charge on any atom is -0.506 e. The van der Waals surface area contributed by atoms with E-state index in [4.69, 9.17) is 10.3 Å². The maximum Gasteiger partial charge on any atom is 0.258 e. The molecule has 0 radical (unpaired) electrons. The van der Waals surface area contributed by atoms with Gasteiger partial charge in [0.1, 0.15) is 5.75 Å². The van der Waals surface area contributed by atoms with Crippen molar-refractivity contribution < 1.29 is 9.63 Å². The van der Waals surface area contributed by atoms with E-state index in [1.54, 1.807) is 12.1 Å². The van der Waals surface area contributed by atoms with Crippen LogP contribution in [0, 0.1) is 13.8 Å². The quantitative estimate of drug-likeness (QED) is 0.554. The first kappa shape index (κ1) is 13.1. The Bertz CT molecular complexity index is 791. The summed E-state index contributed by atoms with van der Waals surface area (Å²) in [5.41, 5.74) is 9.11. The molecule has 6 nitrogen and oxygen atoms in total. The third-order valence-electron chi connectivity index (χ3n) is 3.04. The van der Waals surface area contributed by atoms with Crippen molar-refractivity contribution in [2.75, 3.05) is 5.73 Å². The maximum absolute atomic E-state index is 9.63. The van der Waals surface area contributed by atoms with E-state index in [0.29, 0.717) is 23.0 Å². The zero-order valence-electron chi connectivity index (χ0n) is 11.7. The van der Waals surface area contributed by atoms with Crippen LogP contribution in [0.3, 0.4) is 0 Å². The minimum absolute atomic E-state index is 0.0112. The van der Waals surface area contributed by atoms with Crippen LogP contribution in [0.2, 0.25) is 0 Å². The summed E-state index contributed by atoms with van der Waals surface area (Å²) < 4.78 is 5.25. The highest BCUT2D eigenvalue weighted by Gasteiger charge is 2.12. The van der Waals surface area contributed by atoms with Crippen LogP contribution < -0.4 is 5.73 Å². The highest BCUT2D eigenvalue weighted by molar-refractivity contribution is 5.65. The number of aryl methyl sites for hydroxylation is 2. The van der Waals surface area contributed by atoms with Gasteiger partial charge in [-0.25, -0.2) is 0 Å². The van der Waals surface area contributed by atoms with Crippen molar-refractivity contribution in [2.45, 2.75) is 13.8 Å². The van der Waals surface area contributed by atoms with Gasteiger partial charge >= 0.3 is 0 Å². The lowest BCUT2D eigenvalue weighted by Crippen LogP contribution is -1.89. The molecule has 6 heteroatoms. The van der Waals surface area contributed by atoms with Gasteiger partial charge in [0.25, 0.3) is 5.89 Å². The van der Waals surface area contributed by atoms with Crippen LogP contribution in [-0.4, -0.2) is 20.2 Å². The summed E-state index contributed by atoms with van der Waals surface area (Å²) in [5, 5.41) is 13.6. The summed E-state index contributed by atoms with van der Waals surface area (Å²) in [6, 6.07) is 8.59. The second-order valence-corrected chi connectivity index (χ2v) is 4.84. The van der Waals surface area contributed by atoms with E-state index < -0.39 is 0 Å². The Morgan fingerprint density at radius 1 is 1.00 bits per heavy atom. The predicted molar refractivity (Wildman–Crippen MR) is 78.5 cm³/mol. The van der Waals surface area contributed by atoms with Crippen molar-refractivity contribution in [3.05, 3.63) is 41.7 Å². The average molecular weight is 282 g/mol. The van der Waals surface area contributed by atoms with Crippen LogP contribution in [-0.2, 0) is 0 Å². The topological polar surface area (TPSA) is 98.1 Å². The molecule has 3 N–H and O–H groups in total. The molecule has 0 fully saturated rings. The molecule has 106 valence electrons. The predicted octanol–water partition coefficient (Wildman–Crippen LogP) is 2.70. The van der Waals surface area contributed by atoms with E-state index in [0.717, 1.165) is 17.0 Å². The lowest BCUT2D eigenvalue weighted by atomic mass is 10.2. The van der Waals surface area contributed by atoms with Crippen LogP contribution in [0.15, 0.2) is 34.9 Å². The van der Waals surface area contributed by atoms with E-state index in [1.165, 1.54) is 6.07 Å². The Hall–Kier alpha value is -2.89. The molecule has 3 rings (SSSR count). The molecule has 0 aliphatic heterocycles. The summed E-state index contributed by atoms with van der Waals surface area (Å²) in [5.74, 6) is 0.796. The van der Waals surface area contributed by atoms with Crippen molar-refractivity contribution in [1.82, 2.24) is 15.1 Å². The standard InChI is InChI=1S/C15H14N4O2/c1-8-5-11(6-9(2)17-8)14-18-15(21-19-14)10-3-4-12(16)13(20)7-10/h3-7,20H,16H2,1-2H3. The third kappa shape index (κ3) is 2.55. The first-order valence-corrected chi connectivity index (χ1v) is 6.41. The van der Waals surface area contributed by atoms with Gasteiger partial charge in [0.2, 0.25) is 5.82 Å². The number of nitrogens with zero attached hydrogens (tertiary/aromatic N) is 3. The van der Waals surface area contributed by atoms with Crippen molar-refractivity contribution in [3.8, 4) is 28.6 Å². The smallest absolute Gasteiger partial charge is 0.258 e. The van der Waals surface area contributed by atoms with Crippen molar-refractivity contribution in [1.29, 1.82) is 0 Å². The summed E-state index contributed by atoms with van der Waals surface area (Å²) >= 11 is 0. The number of phenols is 1. The zero-order valence-corrected chi connectivity index (χ0v) is 11.7. The van der Waals surface area contributed by atoms with E-state index in [9.17, 15) is 5.11 Å². The van der Waals surface area contributed by atoms with Gasteiger partial charge in [0.05, 0.1) is 5.69 Å². The highest BCUT2D eigenvalue weighted by atomic mass is 16.5. The number of aromatic nitrogens is 3. The van der Waals surface area contributed by atoms with E-state index in [2.05, 4.69) is 15.1 Å². The van der Waals surface area contributed by atoms with E-state index in [1.807, 2.05) is 26.0 Å². The Balaban J connectivity index is 2.01. The fraction of sp³-hybridized carbons (Fsp3) is 0.133. The maximum atomic E-state index is 9.63. The van der Waals surface area contributed by atoms with Gasteiger partial charge < -0.3 is 15.4 Å². The van der Waals surface area contributed by atoms with Crippen LogP contribution in [0.5, 0.6) is 5.75 Å². The van der Waals surface area contributed by atoms with Crippen LogP contribution in [0.4, 0.5) is 5.69 Å². The molecule has 0 aliphatic rings. The number of anilines is 1. The second kappa shape index (κ2) is 4.90. The zero-order chi connectivity index (χ0) is 15.0. The van der Waals surface area contributed by atoms with E-state index >= 15 is 0 Å². The van der Waals surface area contributed by atoms with Crippen LogP contribution in [0.1, 0.15) is 11.4 Å². The first-order valence-electron chi connectivity index (χ1n) is 6.41. The fourth-order valence-corrected chi connectivity index (χ4v) is 2.10. The number of pyridine rings is 1. The molecule has 0 bridgehead atoms. The third-order valence-corrected chi connectivity index (χ3v) is 3.04. The lowest BCUT2D eigenvalue weighted by Gasteiger charge is -2.00. The normalized spacial score (nSPS) is 10.8. The van der Waals surface area contributed by atoms with Crippen molar-refractivity contribution in [2.24, 2.45) is 0 Å². The van der Waals surface area contributed by atoms with Gasteiger partial charge in [-0.15, -0.1) is 0 Å². The molecular formula is C15H14N4O2. The summed E-state index contributed by atoms with van der Waals surface area (Å²) in [6.45, 7) is 3.82. The van der Waals surface area contributed by atoms with Crippen LogP contribution >= 0.6 is 0 Å². The van der Waals surface area contributed by atoms with Gasteiger partial charge in [-0.1, -0.05) is 5.16 Å². The number of nitrogen functional groups attached to an aromatic ring is 1. The molecule has 21 heavy (non-hydrogen) atoms. The Morgan fingerprint density at radius 3 is 2.38 bits per heavy atom. The number of phenolic OH excluding ortho intramolecular Hbond substituents is 1. The number of hydrogen-bond donors (Lipinski definition) is 2. The highest BCUT2D eigenvalue weighted by Crippen LogP contribution is 2.28. The molecule has 0 atom stereocenters. The number of hydrogen-bond acceptors (Lipinski definition) is 6. The molecule has 2 aromatic heterocycles. The second-order valence-electron chi connectivity index (χ2n) is 4.84. The average Bonchev–Trinajstić information content (AvgIpc) is 2.90. The molecule has 0 spiro atoms. The Morgan fingerprint density at radius 2 is 1.71 bits per heavy atom. The van der Waals surface area contributed by atoms with Crippen LogP contribution in [0.25, 0.3) is 22.8 Å². The molecular weight excluding hydrogens is 268 g/mol. The monoisotopic (exact) mass is 282 g/mol. The number of benzene rings is 1. The molecule has 0 saturated heterocycles. The van der Waals surface area contributed by atoms with Gasteiger partial charge in [-0.2, -0.15) is 4.98 Å². The Labute approximate surface area is 121 Å². The summed E-state index contributed by atoms with van der Waals surface area (Å²) in [7, 11) is 0. The van der Waals surface area contributed by atoms with Crippen molar-refractivity contribution >= 4 is 5.69 Å². The molecule has 1 aromatic carbocycles. The van der Waals surface area contributed by atoms with Gasteiger partial charge in [-0.3, -0.25) is 4.98 Å². The van der Waals surface area contributed by atoms with Gasteiger partial charge in [0, 0.05) is 22.5 Å². The fourth-order valence-electron chi connectivity index (χ4n) is 2.10.